The van der Waals surface area contributed by atoms with E-state index in [1.54, 1.807) is 19.2 Å². The highest BCUT2D eigenvalue weighted by Gasteiger charge is 2.10. The van der Waals surface area contributed by atoms with Crippen LogP contribution in [0.1, 0.15) is 0 Å². The van der Waals surface area contributed by atoms with E-state index in [9.17, 15) is 4.79 Å². The van der Waals surface area contributed by atoms with Crippen LogP contribution in [0.3, 0.4) is 0 Å². The Morgan fingerprint density at radius 1 is 1.33 bits per heavy atom. The van der Waals surface area contributed by atoms with Gasteiger partial charge in [-0.1, -0.05) is 0 Å². The van der Waals surface area contributed by atoms with E-state index in [0.29, 0.717) is 33.5 Å². The molecule has 1 amide bonds. The first-order valence-corrected chi connectivity index (χ1v) is 6.74. The number of nitrogens with one attached hydrogen (secondary N) is 1. The molecule has 18 heavy (non-hydrogen) atoms. The summed E-state index contributed by atoms with van der Waals surface area (Å²) in [6, 6.07) is 3.43. The normalized spacial score (nSPS) is 10.4. The van der Waals surface area contributed by atoms with Gasteiger partial charge in [0, 0.05) is 21.7 Å². The molecule has 0 aliphatic carbocycles. The predicted molar refractivity (Wildman–Crippen MR) is 77.6 cm³/mol. The number of carbonyl (C=O) groups excluding carboxylic acids is 1. The molecule has 1 aromatic rings. The van der Waals surface area contributed by atoms with Crippen molar-refractivity contribution in [3.63, 3.8) is 0 Å². The van der Waals surface area contributed by atoms with E-state index in [1.165, 1.54) is 0 Å². The zero-order chi connectivity index (χ0) is 13.5. The quantitative estimate of drug-likeness (QED) is 0.586. The highest BCUT2D eigenvalue weighted by atomic mass is 79.9. The number of halogens is 2. The van der Waals surface area contributed by atoms with Crippen molar-refractivity contribution in [1.82, 2.24) is 0 Å². The molecule has 0 saturated carbocycles. The Bertz CT molecular complexity index is 404. The molecular formula is C11H14Br2N2O3. The maximum atomic E-state index is 11.6. The van der Waals surface area contributed by atoms with Gasteiger partial charge in [0.05, 0.1) is 18.9 Å². The maximum absolute atomic E-state index is 11.6. The average molecular weight is 382 g/mol. The van der Waals surface area contributed by atoms with E-state index in [-0.39, 0.29) is 12.5 Å². The van der Waals surface area contributed by atoms with E-state index in [0.717, 1.165) is 0 Å². The third kappa shape index (κ3) is 4.93. The van der Waals surface area contributed by atoms with Gasteiger partial charge in [-0.3, -0.25) is 4.79 Å². The highest BCUT2D eigenvalue weighted by Crippen LogP contribution is 2.33. The monoisotopic (exact) mass is 380 g/mol. The minimum atomic E-state index is -0.239. The van der Waals surface area contributed by atoms with Crippen LogP contribution in [0.5, 0.6) is 0 Å². The Labute approximate surface area is 122 Å². The van der Waals surface area contributed by atoms with Crippen LogP contribution in [0, 0.1) is 0 Å². The molecule has 0 radical (unpaired) electrons. The first kappa shape index (κ1) is 15.4. The van der Waals surface area contributed by atoms with Crippen LogP contribution in [0.15, 0.2) is 21.1 Å². The van der Waals surface area contributed by atoms with E-state index < -0.39 is 0 Å². The Balaban J connectivity index is 2.54. The van der Waals surface area contributed by atoms with E-state index in [1.807, 2.05) is 0 Å². The summed E-state index contributed by atoms with van der Waals surface area (Å²) in [4.78, 5) is 11.6. The molecule has 0 spiro atoms. The van der Waals surface area contributed by atoms with Gasteiger partial charge in [-0.15, -0.1) is 0 Å². The lowest BCUT2D eigenvalue weighted by Crippen LogP contribution is -2.20. The largest absolute Gasteiger partial charge is 0.399 e. The van der Waals surface area contributed by atoms with Crippen LogP contribution < -0.4 is 11.1 Å². The zero-order valence-corrected chi connectivity index (χ0v) is 13.0. The number of amides is 1. The summed E-state index contributed by atoms with van der Waals surface area (Å²) in [5.74, 6) is -0.239. The molecule has 7 heteroatoms. The summed E-state index contributed by atoms with van der Waals surface area (Å²) >= 11 is 6.67. The van der Waals surface area contributed by atoms with Crippen LogP contribution in [0.4, 0.5) is 11.4 Å². The number of carbonyl (C=O) groups is 1. The smallest absolute Gasteiger partial charge is 0.250 e. The number of anilines is 2. The van der Waals surface area contributed by atoms with Crippen molar-refractivity contribution in [3.05, 3.63) is 21.1 Å². The number of rotatable bonds is 6. The lowest BCUT2D eigenvalue weighted by molar-refractivity contribution is -0.121. The standard InChI is InChI=1S/C11H14Br2N2O3/c1-17-2-3-18-6-10(16)15-11-8(12)4-7(14)5-9(11)13/h4-5H,2-3,6,14H2,1H3,(H,15,16). The van der Waals surface area contributed by atoms with Crippen molar-refractivity contribution in [2.75, 3.05) is 38.0 Å². The van der Waals surface area contributed by atoms with Gasteiger partial charge in [0.15, 0.2) is 0 Å². The van der Waals surface area contributed by atoms with Gasteiger partial charge in [0.2, 0.25) is 5.91 Å². The summed E-state index contributed by atoms with van der Waals surface area (Å²) in [7, 11) is 1.58. The van der Waals surface area contributed by atoms with Crippen LogP contribution in [-0.4, -0.2) is 32.8 Å². The van der Waals surface area contributed by atoms with Crippen LogP contribution >= 0.6 is 31.9 Å². The number of hydrogen-bond donors (Lipinski definition) is 2. The number of hydrogen-bond acceptors (Lipinski definition) is 4. The average Bonchev–Trinajstić information content (AvgIpc) is 2.29. The lowest BCUT2D eigenvalue weighted by Gasteiger charge is -2.10. The molecule has 0 saturated heterocycles. The van der Waals surface area contributed by atoms with Crippen LogP contribution in [-0.2, 0) is 14.3 Å². The molecule has 100 valence electrons. The number of nitrogen functional groups attached to an aromatic ring is 1. The molecule has 0 unspecified atom stereocenters. The molecule has 0 aromatic heterocycles. The topological polar surface area (TPSA) is 73.6 Å². The highest BCUT2D eigenvalue weighted by molar-refractivity contribution is 9.11. The predicted octanol–water partition coefficient (Wildman–Crippen LogP) is 2.40. The molecule has 0 bridgehead atoms. The van der Waals surface area contributed by atoms with Gasteiger partial charge in [-0.05, 0) is 44.0 Å². The summed E-state index contributed by atoms with van der Waals surface area (Å²) in [5.41, 5.74) is 6.89. The summed E-state index contributed by atoms with van der Waals surface area (Å²) in [5, 5.41) is 2.73. The van der Waals surface area contributed by atoms with Gasteiger partial charge >= 0.3 is 0 Å². The maximum Gasteiger partial charge on any atom is 0.250 e. The van der Waals surface area contributed by atoms with Crippen molar-refractivity contribution < 1.29 is 14.3 Å². The minimum Gasteiger partial charge on any atom is -0.399 e. The van der Waals surface area contributed by atoms with Crippen molar-refractivity contribution in [3.8, 4) is 0 Å². The molecule has 0 atom stereocenters. The van der Waals surface area contributed by atoms with E-state index >= 15 is 0 Å². The van der Waals surface area contributed by atoms with Crippen LogP contribution in [0.25, 0.3) is 0 Å². The molecule has 1 rings (SSSR count). The SMILES string of the molecule is COCCOCC(=O)Nc1c(Br)cc(N)cc1Br. The van der Waals surface area contributed by atoms with Gasteiger partial charge in [0.25, 0.3) is 0 Å². The third-order valence-corrected chi connectivity index (χ3v) is 3.24. The first-order chi connectivity index (χ1) is 8.54. The Hall–Kier alpha value is -0.630. The molecule has 1 aromatic carbocycles. The van der Waals surface area contributed by atoms with Gasteiger partial charge in [-0.2, -0.15) is 0 Å². The fourth-order valence-corrected chi connectivity index (χ4v) is 2.61. The van der Waals surface area contributed by atoms with Crippen molar-refractivity contribution in [1.29, 1.82) is 0 Å². The van der Waals surface area contributed by atoms with E-state index in [4.69, 9.17) is 15.2 Å². The third-order valence-electron chi connectivity index (χ3n) is 1.99. The molecule has 5 nitrogen and oxygen atoms in total. The molecule has 0 aliphatic rings. The number of methoxy groups -OCH3 is 1. The number of nitrogens with two attached hydrogens (primary N) is 1. The lowest BCUT2D eigenvalue weighted by atomic mass is 10.3. The second kappa shape index (κ2) is 7.73. The van der Waals surface area contributed by atoms with E-state index in [2.05, 4.69) is 37.2 Å². The second-order valence-electron chi connectivity index (χ2n) is 3.45. The van der Waals surface area contributed by atoms with Gasteiger partial charge in [-0.25, -0.2) is 0 Å². The summed E-state index contributed by atoms with van der Waals surface area (Å²) in [6.45, 7) is 0.823. The number of ether oxygens (including phenoxy) is 2. The van der Waals surface area contributed by atoms with Crippen molar-refractivity contribution in [2.45, 2.75) is 0 Å². The second-order valence-corrected chi connectivity index (χ2v) is 5.16. The zero-order valence-electron chi connectivity index (χ0n) is 9.83. The first-order valence-electron chi connectivity index (χ1n) is 5.15. The summed E-state index contributed by atoms with van der Waals surface area (Å²) in [6.07, 6.45) is 0. The minimum absolute atomic E-state index is 0.0212. The molecule has 0 fully saturated rings. The fraction of sp³-hybridized carbons (Fsp3) is 0.364. The fourth-order valence-electron chi connectivity index (χ4n) is 1.19. The molecule has 0 heterocycles. The van der Waals surface area contributed by atoms with Crippen LogP contribution in [0.2, 0.25) is 0 Å². The Morgan fingerprint density at radius 3 is 2.50 bits per heavy atom. The molecular weight excluding hydrogens is 368 g/mol. The van der Waals surface area contributed by atoms with Crippen molar-refractivity contribution >= 4 is 49.1 Å². The van der Waals surface area contributed by atoms with Gasteiger partial charge in [0.1, 0.15) is 6.61 Å². The molecule has 3 N–H and O–H groups in total. The van der Waals surface area contributed by atoms with Crippen molar-refractivity contribution in [2.24, 2.45) is 0 Å². The number of benzene rings is 1. The summed E-state index contributed by atoms with van der Waals surface area (Å²) < 4.78 is 11.3. The Kier molecular flexibility index (Phi) is 6.62. The van der Waals surface area contributed by atoms with Gasteiger partial charge < -0.3 is 20.5 Å². The Morgan fingerprint density at radius 2 is 1.94 bits per heavy atom. The molecule has 0 aliphatic heterocycles.